The molecule has 0 radical (unpaired) electrons. The molecule has 0 amide bonds. The molecule has 0 aliphatic heterocycles. The van der Waals surface area contributed by atoms with Crippen LogP contribution < -0.4 is 0 Å². The summed E-state index contributed by atoms with van der Waals surface area (Å²) < 4.78 is 30.5. The summed E-state index contributed by atoms with van der Waals surface area (Å²) in [4.78, 5) is 0. The van der Waals surface area contributed by atoms with Gasteiger partial charge in [-0.1, -0.05) is 35.0 Å². The summed E-state index contributed by atoms with van der Waals surface area (Å²) >= 11 is 3.35. The largest absolute Gasteiger partial charge is 0.383 e. The van der Waals surface area contributed by atoms with Crippen molar-refractivity contribution in [2.75, 3.05) is 19.5 Å². The van der Waals surface area contributed by atoms with E-state index in [1.807, 2.05) is 24.3 Å². The molecule has 20 heavy (non-hydrogen) atoms. The number of rotatable bonds is 5. The number of benzene rings is 1. The Labute approximate surface area is 127 Å². The van der Waals surface area contributed by atoms with Gasteiger partial charge in [0.25, 0.3) is 0 Å². The second kappa shape index (κ2) is 5.47. The Morgan fingerprint density at radius 3 is 2.45 bits per heavy atom. The molecular formula is C14H16BrNO3S. The molecule has 1 saturated carbocycles. The lowest BCUT2D eigenvalue weighted by atomic mass is 10.0. The van der Waals surface area contributed by atoms with Gasteiger partial charge in [-0.25, -0.2) is 8.42 Å². The average Bonchev–Trinajstić information content (AvgIpc) is 3.10. The Morgan fingerprint density at radius 1 is 1.40 bits per heavy atom. The zero-order valence-corrected chi connectivity index (χ0v) is 13.7. The van der Waals surface area contributed by atoms with Gasteiger partial charge in [0, 0.05) is 23.3 Å². The number of halogens is 1. The molecule has 2 rings (SSSR count). The van der Waals surface area contributed by atoms with E-state index in [0.717, 1.165) is 10.0 Å². The zero-order valence-electron chi connectivity index (χ0n) is 11.3. The fraction of sp³-hybridized carbons (Fsp3) is 0.500. The molecule has 108 valence electrons. The van der Waals surface area contributed by atoms with E-state index in [-0.39, 0.29) is 18.3 Å². The molecule has 1 aliphatic rings. The molecule has 1 aromatic rings. The lowest BCUT2D eigenvalue weighted by molar-refractivity contribution is 0.162. The quantitative estimate of drug-likeness (QED) is 0.811. The minimum atomic E-state index is -3.29. The molecule has 0 N–H and O–H groups in total. The van der Waals surface area contributed by atoms with E-state index in [1.165, 1.54) is 7.11 Å². The third kappa shape index (κ3) is 2.39. The first-order valence-electron chi connectivity index (χ1n) is 6.30. The number of hydrogen-bond acceptors (Lipinski definition) is 4. The highest BCUT2D eigenvalue weighted by Gasteiger charge is 2.71. The molecule has 4 nitrogen and oxygen atoms in total. The molecule has 0 unspecified atom stereocenters. The number of nitriles is 1. The first-order chi connectivity index (χ1) is 9.43. The Kier molecular flexibility index (Phi) is 4.24. The summed E-state index contributed by atoms with van der Waals surface area (Å²) in [7, 11) is -1.80. The van der Waals surface area contributed by atoms with Crippen LogP contribution in [0.1, 0.15) is 18.4 Å². The maximum atomic E-state index is 12.2. The number of nitrogens with zero attached hydrogens (tertiary/aromatic N) is 1. The third-order valence-corrected chi connectivity index (χ3v) is 6.67. The first kappa shape index (κ1) is 15.5. The lowest BCUT2D eigenvalue weighted by Gasteiger charge is -2.07. The van der Waals surface area contributed by atoms with Crippen LogP contribution in [0.15, 0.2) is 28.7 Å². The Balaban J connectivity index is 2.45. The molecule has 0 spiro atoms. The molecule has 3 atom stereocenters. The van der Waals surface area contributed by atoms with Gasteiger partial charge in [-0.15, -0.1) is 0 Å². The smallest absolute Gasteiger partial charge is 0.155 e. The number of hydrogen-bond donors (Lipinski definition) is 0. The van der Waals surface area contributed by atoms with E-state index in [9.17, 15) is 13.7 Å². The SMILES string of the molecule is CCS(=O)(=O)[C@H]1[C@H](c2ccc(Br)cc2)[C@@]1(C#N)COC. The van der Waals surface area contributed by atoms with Crippen molar-refractivity contribution in [3.8, 4) is 6.07 Å². The third-order valence-electron chi connectivity index (χ3n) is 3.87. The van der Waals surface area contributed by atoms with Gasteiger partial charge in [-0.05, 0) is 17.7 Å². The molecule has 1 fully saturated rings. The first-order valence-corrected chi connectivity index (χ1v) is 8.81. The Morgan fingerprint density at radius 2 is 2.00 bits per heavy atom. The summed E-state index contributed by atoms with van der Waals surface area (Å²) in [5.74, 6) is -0.275. The predicted molar refractivity (Wildman–Crippen MR) is 80.1 cm³/mol. The van der Waals surface area contributed by atoms with E-state index >= 15 is 0 Å². The van der Waals surface area contributed by atoms with Crippen molar-refractivity contribution in [1.29, 1.82) is 5.26 Å². The van der Waals surface area contributed by atoms with Gasteiger partial charge in [0.15, 0.2) is 9.84 Å². The predicted octanol–water partition coefficient (Wildman–Crippen LogP) is 2.51. The van der Waals surface area contributed by atoms with Gasteiger partial charge in [0.05, 0.1) is 17.9 Å². The Bertz CT molecular complexity index is 635. The maximum absolute atomic E-state index is 12.2. The highest BCUT2D eigenvalue weighted by Crippen LogP contribution is 2.62. The molecule has 6 heteroatoms. The fourth-order valence-electron chi connectivity index (χ4n) is 2.83. The molecule has 0 bridgehead atoms. The normalized spacial score (nSPS) is 28.9. The summed E-state index contributed by atoms with van der Waals surface area (Å²) in [5, 5.41) is 8.82. The highest BCUT2D eigenvalue weighted by molar-refractivity contribution is 9.10. The van der Waals surface area contributed by atoms with Crippen LogP contribution in [0.25, 0.3) is 0 Å². The van der Waals surface area contributed by atoms with Crippen LogP contribution in [0.3, 0.4) is 0 Å². The van der Waals surface area contributed by atoms with E-state index in [4.69, 9.17) is 4.74 Å². The molecule has 1 aliphatic carbocycles. The maximum Gasteiger partial charge on any atom is 0.155 e. The standard InChI is InChI=1S/C14H16BrNO3S/c1-3-20(17,18)13-12(14(13,8-16)9-19-2)10-4-6-11(15)7-5-10/h4-7,12-13H,3,9H2,1-2H3/t12-,13-,14+/m0/s1. The van der Waals surface area contributed by atoms with Crippen LogP contribution in [0.2, 0.25) is 0 Å². The fourth-order valence-corrected chi connectivity index (χ4v) is 5.10. The van der Waals surface area contributed by atoms with Crippen molar-refractivity contribution < 1.29 is 13.2 Å². The van der Waals surface area contributed by atoms with Crippen LogP contribution in [0, 0.1) is 16.7 Å². The summed E-state index contributed by atoms with van der Waals surface area (Å²) in [6.07, 6.45) is 0. The Hall–Kier alpha value is -0.900. The van der Waals surface area contributed by atoms with Crippen LogP contribution in [0.4, 0.5) is 0 Å². The van der Waals surface area contributed by atoms with Crippen LogP contribution >= 0.6 is 15.9 Å². The van der Waals surface area contributed by atoms with Crippen molar-refractivity contribution in [3.63, 3.8) is 0 Å². The second-order valence-corrected chi connectivity index (χ2v) is 8.31. The van der Waals surface area contributed by atoms with Gasteiger partial charge in [-0.2, -0.15) is 5.26 Å². The number of sulfone groups is 1. The van der Waals surface area contributed by atoms with Gasteiger partial charge in [-0.3, -0.25) is 0 Å². The monoisotopic (exact) mass is 357 g/mol. The lowest BCUT2D eigenvalue weighted by Crippen LogP contribution is -2.20. The van der Waals surface area contributed by atoms with Crippen molar-refractivity contribution in [2.45, 2.75) is 18.1 Å². The van der Waals surface area contributed by atoms with E-state index in [0.29, 0.717) is 0 Å². The van der Waals surface area contributed by atoms with Crippen LogP contribution in [-0.4, -0.2) is 33.1 Å². The molecule has 0 saturated heterocycles. The van der Waals surface area contributed by atoms with Crippen molar-refractivity contribution >= 4 is 25.8 Å². The molecule has 1 aromatic carbocycles. The van der Waals surface area contributed by atoms with Gasteiger partial charge in [0.1, 0.15) is 5.41 Å². The van der Waals surface area contributed by atoms with Crippen LogP contribution in [-0.2, 0) is 14.6 Å². The molecular weight excluding hydrogens is 342 g/mol. The number of methoxy groups -OCH3 is 1. The molecule has 0 heterocycles. The number of ether oxygens (including phenoxy) is 1. The van der Waals surface area contributed by atoms with Crippen molar-refractivity contribution in [2.24, 2.45) is 5.41 Å². The zero-order chi connectivity index (χ0) is 15.0. The summed E-state index contributed by atoms with van der Waals surface area (Å²) in [6.45, 7) is 1.75. The average molecular weight is 358 g/mol. The van der Waals surface area contributed by atoms with E-state index < -0.39 is 20.5 Å². The van der Waals surface area contributed by atoms with E-state index in [1.54, 1.807) is 6.92 Å². The minimum Gasteiger partial charge on any atom is -0.383 e. The summed E-state index contributed by atoms with van der Waals surface area (Å²) in [6, 6.07) is 9.64. The second-order valence-electron chi connectivity index (χ2n) is 4.99. The topological polar surface area (TPSA) is 67.2 Å². The van der Waals surface area contributed by atoms with Gasteiger partial charge in [0.2, 0.25) is 0 Å². The van der Waals surface area contributed by atoms with Crippen molar-refractivity contribution in [3.05, 3.63) is 34.3 Å². The van der Waals surface area contributed by atoms with Crippen LogP contribution in [0.5, 0.6) is 0 Å². The summed E-state index contributed by atoms with van der Waals surface area (Å²) in [5.41, 5.74) is -0.0916. The van der Waals surface area contributed by atoms with Crippen molar-refractivity contribution in [1.82, 2.24) is 0 Å². The van der Waals surface area contributed by atoms with Gasteiger partial charge < -0.3 is 4.74 Å². The van der Waals surface area contributed by atoms with Gasteiger partial charge >= 0.3 is 0 Å². The minimum absolute atomic E-state index is 0.0395. The highest BCUT2D eigenvalue weighted by atomic mass is 79.9. The van der Waals surface area contributed by atoms with E-state index in [2.05, 4.69) is 22.0 Å². The molecule has 0 aromatic heterocycles.